The van der Waals surface area contributed by atoms with Gasteiger partial charge < -0.3 is 14.7 Å². The Morgan fingerprint density at radius 2 is 2.08 bits per heavy atom. The first kappa shape index (κ1) is 19.4. The van der Waals surface area contributed by atoms with Crippen LogP contribution in [0.4, 0.5) is 13.2 Å². The lowest BCUT2D eigenvalue weighted by Crippen LogP contribution is -2.25. The summed E-state index contributed by atoms with van der Waals surface area (Å²) in [5.41, 5.74) is 0.625. The number of nitrogens with zero attached hydrogens (tertiary/aromatic N) is 3. The molecule has 1 N–H and O–H groups in total. The van der Waals surface area contributed by atoms with E-state index in [1.165, 1.54) is 30.5 Å². The average Bonchev–Trinajstić information content (AvgIpc) is 3.11. The monoisotopic (exact) mass is 370 g/mol. The predicted molar refractivity (Wildman–Crippen MR) is 86.4 cm³/mol. The lowest BCUT2D eigenvalue weighted by molar-refractivity contribution is -0.159. The van der Waals surface area contributed by atoms with Gasteiger partial charge in [0.05, 0.1) is 12.8 Å². The summed E-state index contributed by atoms with van der Waals surface area (Å²) in [5.74, 6) is -1.99. The number of oxime groups is 1. The maximum absolute atomic E-state index is 12.5. The Morgan fingerprint density at radius 1 is 1.35 bits per heavy atom. The lowest BCUT2D eigenvalue weighted by Gasteiger charge is -2.03. The van der Waals surface area contributed by atoms with Gasteiger partial charge in [-0.1, -0.05) is 35.8 Å². The second kappa shape index (κ2) is 8.97. The van der Waals surface area contributed by atoms with Crippen molar-refractivity contribution in [2.24, 2.45) is 5.16 Å². The van der Waals surface area contributed by atoms with E-state index in [9.17, 15) is 18.0 Å². The van der Waals surface area contributed by atoms with E-state index < -0.39 is 12.1 Å². The van der Waals surface area contributed by atoms with Gasteiger partial charge in [0.25, 0.3) is 5.91 Å². The molecule has 10 heteroatoms. The van der Waals surface area contributed by atoms with Crippen molar-refractivity contribution < 1.29 is 27.3 Å². The average molecular weight is 370 g/mol. The van der Waals surface area contributed by atoms with Gasteiger partial charge in [-0.25, -0.2) is 0 Å². The van der Waals surface area contributed by atoms with Crippen molar-refractivity contribution >= 4 is 12.1 Å². The third-order valence-electron chi connectivity index (χ3n) is 3.17. The number of hydrogen-bond donors (Lipinski definition) is 1. The highest BCUT2D eigenvalue weighted by Gasteiger charge is 2.38. The number of aromatic nitrogens is 2. The number of halogens is 3. The van der Waals surface area contributed by atoms with E-state index in [0.29, 0.717) is 17.7 Å². The first-order valence-electron chi connectivity index (χ1n) is 7.85. The van der Waals surface area contributed by atoms with E-state index in [2.05, 4.69) is 25.1 Å². The van der Waals surface area contributed by atoms with E-state index in [1.807, 2.05) is 6.92 Å². The molecule has 0 aliphatic rings. The van der Waals surface area contributed by atoms with Gasteiger partial charge in [0.2, 0.25) is 5.82 Å². The zero-order valence-electron chi connectivity index (χ0n) is 13.9. The van der Waals surface area contributed by atoms with E-state index >= 15 is 0 Å². The van der Waals surface area contributed by atoms with E-state index in [1.54, 1.807) is 0 Å². The summed E-state index contributed by atoms with van der Waals surface area (Å²) in [5, 5.41) is 9.58. The third kappa shape index (κ3) is 5.57. The van der Waals surface area contributed by atoms with Gasteiger partial charge in [-0.2, -0.15) is 18.2 Å². The molecule has 0 fully saturated rings. The Hall–Kier alpha value is -2.91. The molecule has 0 saturated heterocycles. The maximum atomic E-state index is 12.5. The molecule has 0 aliphatic carbocycles. The van der Waals surface area contributed by atoms with Crippen LogP contribution in [0.25, 0.3) is 11.4 Å². The topological polar surface area (TPSA) is 89.6 Å². The first-order valence-corrected chi connectivity index (χ1v) is 7.85. The molecule has 1 aromatic heterocycles. The summed E-state index contributed by atoms with van der Waals surface area (Å²) in [4.78, 5) is 20.2. The number of unbranched alkanes of at least 4 members (excludes halogenated alkanes) is 1. The molecule has 7 nitrogen and oxygen atoms in total. The van der Waals surface area contributed by atoms with Crippen LogP contribution in [0.15, 0.2) is 33.9 Å². The number of hydrogen-bond acceptors (Lipinski definition) is 6. The van der Waals surface area contributed by atoms with Gasteiger partial charge >= 0.3 is 12.1 Å². The summed E-state index contributed by atoms with van der Waals surface area (Å²) in [6, 6.07) is 5.76. The fraction of sp³-hybridized carbons (Fsp3) is 0.375. The molecule has 0 radical (unpaired) electrons. The molecule has 1 amide bonds. The maximum Gasteiger partial charge on any atom is 0.471 e. The molecule has 0 bridgehead atoms. The van der Waals surface area contributed by atoms with Crippen LogP contribution in [-0.2, 0) is 11.0 Å². The molecule has 0 aliphatic heterocycles. The van der Waals surface area contributed by atoms with Gasteiger partial charge in [0, 0.05) is 11.1 Å². The lowest BCUT2D eigenvalue weighted by atomic mass is 10.1. The largest absolute Gasteiger partial charge is 0.471 e. The predicted octanol–water partition coefficient (Wildman–Crippen LogP) is 3.29. The number of amides is 1. The van der Waals surface area contributed by atoms with Gasteiger partial charge in [-0.3, -0.25) is 4.79 Å². The van der Waals surface area contributed by atoms with Gasteiger partial charge in [0.15, 0.2) is 0 Å². The minimum Gasteiger partial charge on any atom is -0.396 e. The van der Waals surface area contributed by atoms with Crippen LogP contribution in [-0.4, -0.2) is 35.4 Å². The molecular formula is C16H17F3N4O3. The molecule has 0 atom stereocenters. The van der Waals surface area contributed by atoms with Crippen LogP contribution < -0.4 is 5.32 Å². The highest BCUT2D eigenvalue weighted by molar-refractivity contribution is 5.95. The Kier molecular flexibility index (Phi) is 6.70. The second-order valence-corrected chi connectivity index (χ2v) is 5.18. The van der Waals surface area contributed by atoms with Crippen LogP contribution in [0.1, 0.15) is 36.0 Å². The van der Waals surface area contributed by atoms with Crippen LogP contribution in [0, 0.1) is 0 Å². The molecular weight excluding hydrogens is 353 g/mol. The Morgan fingerprint density at radius 3 is 2.69 bits per heavy atom. The minimum atomic E-state index is -4.70. The number of nitrogens with one attached hydrogen (secondary N) is 1. The minimum absolute atomic E-state index is 0.187. The number of carbonyl (C=O) groups is 1. The third-order valence-corrected chi connectivity index (χ3v) is 3.17. The molecule has 140 valence electrons. The van der Waals surface area contributed by atoms with Crippen molar-refractivity contribution in [3.05, 3.63) is 35.7 Å². The fourth-order valence-electron chi connectivity index (χ4n) is 1.82. The first-order chi connectivity index (χ1) is 12.4. The van der Waals surface area contributed by atoms with Crippen LogP contribution in [0.5, 0.6) is 0 Å². The molecule has 26 heavy (non-hydrogen) atoms. The standard InChI is InChI=1S/C16H17F3N4O3/c1-2-3-10-25-21-9-8-20-14(24)12-6-4-11(5-7-12)13-22-15(26-23-13)16(17,18)19/h4-7,9H,2-3,8,10H2,1H3,(H,20,24)/b21-9+. The smallest absolute Gasteiger partial charge is 0.396 e. The van der Waals surface area contributed by atoms with Crippen molar-refractivity contribution in [1.82, 2.24) is 15.5 Å². The summed E-state index contributed by atoms with van der Waals surface area (Å²) in [6.07, 6.45) is -1.36. The summed E-state index contributed by atoms with van der Waals surface area (Å²) in [6.45, 7) is 2.74. The Bertz CT molecular complexity index is 742. The van der Waals surface area contributed by atoms with Gasteiger partial charge in [-0.15, -0.1) is 0 Å². The molecule has 2 aromatic rings. The quantitative estimate of drug-likeness (QED) is 0.438. The summed E-state index contributed by atoms with van der Waals surface area (Å²) < 4.78 is 41.5. The Balaban J connectivity index is 1.88. The van der Waals surface area contributed by atoms with Crippen LogP contribution >= 0.6 is 0 Å². The second-order valence-electron chi connectivity index (χ2n) is 5.18. The van der Waals surface area contributed by atoms with Crippen molar-refractivity contribution in [2.75, 3.05) is 13.2 Å². The van der Waals surface area contributed by atoms with Crippen molar-refractivity contribution in [1.29, 1.82) is 0 Å². The molecule has 1 heterocycles. The van der Waals surface area contributed by atoms with Crippen LogP contribution in [0.2, 0.25) is 0 Å². The fourth-order valence-corrected chi connectivity index (χ4v) is 1.82. The van der Waals surface area contributed by atoms with Crippen molar-refractivity contribution in [3.63, 3.8) is 0 Å². The molecule has 0 spiro atoms. The SMILES string of the molecule is CCCCO/N=C/CNC(=O)c1ccc(-c2noc(C(F)(F)F)n2)cc1. The molecule has 2 rings (SSSR count). The molecule has 0 unspecified atom stereocenters. The summed E-state index contributed by atoms with van der Waals surface area (Å²) in [7, 11) is 0. The summed E-state index contributed by atoms with van der Waals surface area (Å²) >= 11 is 0. The molecule has 0 saturated carbocycles. The number of alkyl halides is 3. The van der Waals surface area contributed by atoms with Crippen molar-refractivity contribution in [3.8, 4) is 11.4 Å². The number of carbonyl (C=O) groups excluding carboxylic acids is 1. The Labute approximate surface area is 147 Å². The zero-order valence-corrected chi connectivity index (χ0v) is 13.9. The number of benzene rings is 1. The highest BCUT2D eigenvalue weighted by atomic mass is 19.4. The normalized spacial score (nSPS) is 11.7. The van der Waals surface area contributed by atoms with E-state index in [4.69, 9.17) is 4.84 Å². The van der Waals surface area contributed by atoms with E-state index in [0.717, 1.165) is 12.8 Å². The molecule has 1 aromatic carbocycles. The zero-order chi connectivity index (χ0) is 19.0. The number of rotatable bonds is 8. The van der Waals surface area contributed by atoms with Gasteiger partial charge in [-0.05, 0) is 18.6 Å². The van der Waals surface area contributed by atoms with Crippen molar-refractivity contribution in [2.45, 2.75) is 25.9 Å². The van der Waals surface area contributed by atoms with Gasteiger partial charge in [0.1, 0.15) is 6.61 Å². The van der Waals surface area contributed by atoms with E-state index in [-0.39, 0.29) is 18.3 Å². The van der Waals surface area contributed by atoms with Crippen LogP contribution in [0.3, 0.4) is 0 Å². The highest BCUT2D eigenvalue weighted by Crippen LogP contribution is 2.29.